The van der Waals surface area contributed by atoms with E-state index in [1.54, 1.807) is 0 Å². The number of fused-ring (bicyclic) bond motifs is 1. The number of carbonyl (C=O) groups is 1. The van der Waals surface area contributed by atoms with E-state index in [1.165, 1.54) is 25.8 Å². The molecule has 2 fully saturated rings. The maximum absolute atomic E-state index is 12.5. The van der Waals surface area contributed by atoms with Crippen molar-refractivity contribution < 1.29 is 4.79 Å². The standard InChI is InChI=1S/C17H25N3O/c1-12-11-13(18-2)6-7-14(12)17(21)19-15-8-10-20-9-4-3-5-16(15)20/h6-7,11,15-16,18H,3-5,8-10H2,1-2H3,(H,19,21). The van der Waals surface area contributed by atoms with Crippen LogP contribution in [0.15, 0.2) is 18.2 Å². The Hall–Kier alpha value is -1.55. The second kappa shape index (κ2) is 6.06. The predicted octanol–water partition coefficient (Wildman–Crippen LogP) is 2.39. The van der Waals surface area contributed by atoms with Gasteiger partial charge in [-0.15, -0.1) is 0 Å². The van der Waals surface area contributed by atoms with Crippen molar-refractivity contribution in [2.24, 2.45) is 0 Å². The molecule has 4 nitrogen and oxygen atoms in total. The van der Waals surface area contributed by atoms with Crippen LogP contribution < -0.4 is 10.6 Å². The van der Waals surface area contributed by atoms with E-state index in [0.29, 0.717) is 12.1 Å². The Kier molecular flexibility index (Phi) is 4.15. The fourth-order valence-electron chi connectivity index (χ4n) is 3.74. The molecule has 3 rings (SSSR count). The Morgan fingerprint density at radius 3 is 2.86 bits per heavy atom. The Bertz CT molecular complexity index is 529. The lowest BCUT2D eigenvalue weighted by molar-refractivity contribution is 0.0914. The number of nitrogens with zero attached hydrogens (tertiary/aromatic N) is 1. The average molecular weight is 287 g/mol. The predicted molar refractivity (Wildman–Crippen MR) is 85.8 cm³/mol. The van der Waals surface area contributed by atoms with Gasteiger partial charge < -0.3 is 10.6 Å². The largest absolute Gasteiger partial charge is 0.388 e. The summed E-state index contributed by atoms with van der Waals surface area (Å²) in [4.78, 5) is 15.1. The van der Waals surface area contributed by atoms with Gasteiger partial charge in [0, 0.05) is 36.9 Å². The number of piperidine rings is 1. The quantitative estimate of drug-likeness (QED) is 0.897. The molecule has 21 heavy (non-hydrogen) atoms. The molecule has 2 aliphatic heterocycles. The number of carbonyl (C=O) groups excluding carboxylic acids is 1. The molecule has 0 saturated carbocycles. The molecule has 0 aliphatic carbocycles. The summed E-state index contributed by atoms with van der Waals surface area (Å²) in [6, 6.07) is 6.78. The minimum Gasteiger partial charge on any atom is -0.388 e. The molecule has 1 amide bonds. The molecule has 2 atom stereocenters. The Morgan fingerprint density at radius 1 is 1.24 bits per heavy atom. The van der Waals surface area contributed by atoms with Crippen molar-refractivity contribution in [2.75, 3.05) is 25.5 Å². The van der Waals surface area contributed by atoms with Gasteiger partial charge in [0.1, 0.15) is 0 Å². The second-order valence-electron chi connectivity index (χ2n) is 6.25. The summed E-state index contributed by atoms with van der Waals surface area (Å²) in [5, 5.41) is 6.38. The minimum absolute atomic E-state index is 0.0765. The van der Waals surface area contributed by atoms with Gasteiger partial charge in [0.05, 0.1) is 0 Å². The number of rotatable bonds is 3. The molecule has 1 aromatic rings. The van der Waals surface area contributed by atoms with Crippen LogP contribution in [0.5, 0.6) is 0 Å². The van der Waals surface area contributed by atoms with Crippen LogP contribution in [-0.4, -0.2) is 43.0 Å². The molecule has 114 valence electrons. The Labute approximate surface area is 126 Å². The van der Waals surface area contributed by atoms with Gasteiger partial charge in [-0.05, 0) is 56.5 Å². The highest BCUT2D eigenvalue weighted by atomic mass is 16.1. The highest BCUT2D eigenvalue weighted by Crippen LogP contribution is 2.27. The summed E-state index contributed by atoms with van der Waals surface area (Å²) in [5.41, 5.74) is 2.87. The van der Waals surface area contributed by atoms with Gasteiger partial charge in [-0.1, -0.05) is 6.42 Å². The summed E-state index contributed by atoms with van der Waals surface area (Å²) >= 11 is 0. The SMILES string of the molecule is CNc1ccc(C(=O)NC2CCN3CCCCC23)c(C)c1. The maximum Gasteiger partial charge on any atom is 0.251 e. The van der Waals surface area contributed by atoms with Crippen LogP contribution in [0.3, 0.4) is 0 Å². The second-order valence-corrected chi connectivity index (χ2v) is 6.25. The van der Waals surface area contributed by atoms with Crippen LogP contribution in [0.25, 0.3) is 0 Å². The monoisotopic (exact) mass is 287 g/mol. The number of hydrogen-bond donors (Lipinski definition) is 2. The molecule has 4 heteroatoms. The lowest BCUT2D eigenvalue weighted by atomic mass is 9.98. The average Bonchev–Trinajstić information content (AvgIpc) is 2.90. The fraction of sp³-hybridized carbons (Fsp3) is 0.588. The number of amides is 1. The third-order valence-electron chi connectivity index (χ3n) is 4.93. The van der Waals surface area contributed by atoms with Crippen LogP contribution >= 0.6 is 0 Å². The van der Waals surface area contributed by atoms with E-state index in [4.69, 9.17) is 0 Å². The van der Waals surface area contributed by atoms with E-state index in [2.05, 4.69) is 15.5 Å². The molecule has 1 aromatic carbocycles. The van der Waals surface area contributed by atoms with Crippen molar-refractivity contribution in [1.82, 2.24) is 10.2 Å². The Morgan fingerprint density at radius 2 is 2.10 bits per heavy atom. The molecule has 0 bridgehead atoms. The van der Waals surface area contributed by atoms with Gasteiger partial charge in [-0.25, -0.2) is 0 Å². The van der Waals surface area contributed by atoms with Crippen molar-refractivity contribution in [3.63, 3.8) is 0 Å². The normalized spacial score (nSPS) is 25.4. The number of anilines is 1. The number of hydrogen-bond acceptors (Lipinski definition) is 3. The molecule has 0 radical (unpaired) electrons. The lowest BCUT2D eigenvalue weighted by Gasteiger charge is -2.32. The van der Waals surface area contributed by atoms with Crippen LogP contribution in [0.4, 0.5) is 5.69 Å². The fourth-order valence-corrected chi connectivity index (χ4v) is 3.74. The zero-order chi connectivity index (χ0) is 14.8. The number of benzene rings is 1. The summed E-state index contributed by atoms with van der Waals surface area (Å²) in [6.07, 6.45) is 4.91. The highest BCUT2D eigenvalue weighted by molar-refractivity contribution is 5.96. The van der Waals surface area contributed by atoms with Gasteiger partial charge >= 0.3 is 0 Å². The summed E-state index contributed by atoms with van der Waals surface area (Å²) in [7, 11) is 1.89. The van der Waals surface area contributed by atoms with E-state index in [-0.39, 0.29) is 5.91 Å². The van der Waals surface area contributed by atoms with Crippen molar-refractivity contribution in [2.45, 2.75) is 44.7 Å². The minimum atomic E-state index is 0.0765. The van der Waals surface area contributed by atoms with Crippen LogP contribution in [-0.2, 0) is 0 Å². The van der Waals surface area contributed by atoms with E-state index in [9.17, 15) is 4.79 Å². The molecular formula is C17H25N3O. The molecule has 2 N–H and O–H groups in total. The van der Waals surface area contributed by atoms with Gasteiger partial charge in [0.15, 0.2) is 0 Å². The molecule has 2 saturated heterocycles. The van der Waals surface area contributed by atoms with Crippen LogP contribution in [0.1, 0.15) is 41.6 Å². The van der Waals surface area contributed by atoms with Gasteiger partial charge in [0.25, 0.3) is 5.91 Å². The van der Waals surface area contributed by atoms with Crippen molar-refractivity contribution >= 4 is 11.6 Å². The lowest BCUT2D eigenvalue weighted by Crippen LogP contribution is -2.46. The molecule has 0 spiro atoms. The summed E-state index contributed by atoms with van der Waals surface area (Å²) < 4.78 is 0. The van der Waals surface area contributed by atoms with Gasteiger partial charge in [-0.2, -0.15) is 0 Å². The van der Waals surface area contributed by atoms with E-state index in [1.807, 2.05) is 32.2 Å². The molecular weight excluding hydrogens is 262 g/mol. The van der Waals surface area contributed by atoms with Crippen molar-refractivity contribution in [1.29, 1.82) is 0 Å². The summed E-state index contributed by atoms with van der Waals surface area (Å²) in [6.45, 7) is 4.33. The number of aryl methyl sites for hydroxylation is 1. The first-order chi connectivity index (χ1) is 10.2. The van der Waals surface area contributed by atoms with Crippen molar-refractivity contribution in [3.05, 3.63) is 29.3 Å². The smallest absolute Gasteiger partial charge is 0.251 e. The first kappa shape index (κ1) is 14.4. The summed E-state index contributed by atoms with van der Waals surface area (Å²) in [5.74, 6) is 0.0765. The molecule has 2 aliphatic rings. The van der Waals surface area contributed by atoms with Gasteiger partial charge in [-0.3, -0.25) is 9.69 Å². The van der Waals surface area contributed by atoms with Crippen molar-refractivity contribution in [3.8, 4) is 0 Å². The Balaban J connectivity index is 1.69. The van der Waals surface area contributed by atoms with Crippen LogP contribution in [0, 0.1) is 6.92 Å². The van der Waals surface area contributed by atoms with Crippen LogP contribution in [0.2, 0.25) is 0 Å². The van der Waals surface area contributed by atoms with E-state index in [0.717, 1.165) is 29.8 Å². The molecule has 0 aromatic heterocycles. The topological polar surface area (TPSA) is 44.4 Å². The van der Waals surface area contributed by atoms with Gasteiger partial charge in [0.2, 0.25) is 0 Å². The first-order valence-corrected chi connectivity index (χ1v) is 8.02. The van der Waals surface area contributed by atoms with E-state index < -0.39 is 0 Å². The first-order valence-electron chi connectivity index (χ1n) is 8.02. The third-order valence-corrected chi connectivity index (χ3v) is 4.93. The zero-order valence-electron chi connectivity index (χ0n) is 13.0. The highest BCUT2D eigenvalue weighted by Gasteiger charge is 2.36. The van der Waals surface area contributed by atoms with E-state index >= 15 is 0 Å². The zero-order valence-corrected chi connectivity index (χ0v) is 13.0. The maximum atomic E-state index is 12.5. The molecule has 2 heterocycles. The third kappa shape index (κ3) is 2.91. The number of nitrogens with one attached hydrogen (secondary N) is 2. The molecule has 2 unspecified atom stereocenters.